The number of aliphatic carboxylic acids is 1. The third kappa shape index (κ3) is 3.22. The van der Waals surface area contributed by atoms with Crippen molar-refractivity contribution in [2.24, 2.45) is 13.0 Å². The molecule has 3 fully saturated rings. The average Bonchev–Trinajstić information content (AvgIpc) is 3.56. The molecular formula is C26H24N4O5. The quantitative estimate of drug-likeness (QED) is 0.588. The summed E-state index contributed by atoms with van der Waals surface area (Å²) in [5.74, 6) is -1.28. The average molecular weight is 473 g/mol. The number of aryl methyl sites for hydroxylation is 1. The molecule has 2 saturated heterocycles. The number of hydrogen-bond acceptors (Lipinski definition) is 5. The summed E-state index contributed by atoms with van der Waals surface area (Å²) in [6.45, 7) is 0.524. The predicted octanol–water partition coefficient (Wildman–Crippen LogP) is 3.47. The van der Waals surface area contributed by atoms with Crippen LogP contribution in [0.4, 0.5) is 10.6 Å². The second kappa shape index (κ2) is 7.69. The number of anilines is 1. The Kier molecular flexibility index (Phi) is 4.70. The molecule has 1 aromatic heterocycles. The molecule has 2 N–H and O–H groups in total. The molecular weight excluding hydrogens is 448 g/mol. The minimum atomic E-state index is -1.15. The SMILES string of the molecule is Cn1cc(C(=O)N2CC3CC2(C(=O)O)C3)c(NC(=O)OCC2c3ccccc3-c3ccccc32)n1. The smallest absolute Gasteiger partial charge is 0.412 e. The molecule has 7 rings (SSSR count). The molecule has 0 unspecified atom stereocenters. The summed E-state index contributed by atoms with van der Waals surface area (Å²) in [5.41, 5.74) is 3.45. The first-order valence-corrected chi connectivity index (χ1v) is 11.6. The zero-order chi connectivity index (χ0) is 24.3. The number of nitrogens with zero attached hydrogens (tertiary/aromatic N) is 3. The van der Waals surface area contributed by atoms with Crippen LogP contribution in [-0.2, 0) is 16.6 Å². The van der Waals surface area contributed by atoms with Crippen LogP contribution < -0.4 is 5.32 Å². The van der Waals surface area contributed by atoms with Gasteiger partial charge in [0.15, 0.2) is 5.82 Å². The maximum Gasteiger partial charge on any atom is 0.412 e. The number of benzene rings is 2. The number of fused-ring (bicyclic) bond motifs is 4. The fraction of sp³-hybridized carbons (Fsp3) is 0.308. The number of carboxylic acids is 1. The fourth-order valence-corrected chi connectivity index (χ4v) is 5.86. The van der Waals surface area contributed by atoms with E-state index in [4.69, 9.17) is 4.74 Å². The monoisotopic (exact) mass is 472 g/mol. The van der Waals surface area contributed by atoms with E-state index in [0.29, 0.717) is 19.4 Å². The van der Waals surface area contributed by atoms with Crippen molar-refractivity contribution in [1.82, 2.24) is 14.7 Å². The van der Waals surface area contributed by atoms with E-state index in [0.717, 1.165) is 22.3 Å². The molecule has 35 heavy (non-hydrogen) atoms. The molecule has 0 atom stereocenters. The summed E-state index contributed by atoms with van der Waals surface area (Å²) < 4.78 is 7.00. The van der Waals surface area contributed by atoms with E-state index in [-0.39, 0.29) is 29.8 Å². The lowest BCUT2D eigenvalue weighted by Crippen LogP contribution is -2.54. The molecule has 9 heteroatoms. The zero-order valence-corrected chi connectivity index (χ0v) is 19.1. The standard InChI is InChI=1S/C26H24N4O5/c1-29-13-20(23(31)30-12-15-10-26(30,11-15)24(32)33)22(28-29)27-25(34)35-14-21-18-8-4-2-6-16(18)17-7-3-5-9-19(17)21/h2-9,13,15,21H,10-12,14H2,1H3,(H,32,33)(H,27,28,34). The topological polar surface area (TPSA) is 114 Å². The molecule has 2 bridgehead atoms. The highest BCUT2D eigenvalue weighted by molar-refractivity contribution is 6.04. The number of ether oxygens (including phenoxy) is 1. The van der Waals surface area contributed by atoms with Crippen molar-refractivity contribution in [3.8, 4) is 11.1 Å². The van der Waals surface area contributed by atoms with Gasteiger partial charge in [-0.05, 0) is 41.0 Å². The van der Waals surface area contributed by atoms with Crippen molar-refractivity contribution in [2.45, 2.75) is 24.3 Å². The van der Waals surface area contributed by atoms with E-state index in [2.05, 4.69) is 22.5 Å². The summed E-state index contributed by atoms with van der Waals surface area (Å²) in [6, 6.07) is 16.1. The number of carbonyl (C=O) groups is 3. The van der Waals surface area contributed by atoms with Gasteiger partial charge in [0.1, 0.15) is 17.7 Å². The van der Waals surface area contributed by atoms with Crippen LogP contribution in [0.3, 0.4) is 0 Å². The molecule has 2 aromatic carbocycles. The van der Waals surface area contributed by atoms with Crippen molar-refractivity contribution in [3.05, 3.63) is 71.4 Å². The van der Waals surface area contributed by atoms with Gasteiger partial charge in [0.05, 0.1) is 0 Å². The second-order valence-electron chi connectivity index (χ2n) is 9.54. The largest absolute Gasteiger partial charge is 0.479 e. The number of carbonyl (C=O) groups excluding carboxylic acids is 2. The van der Waals surface area contributed by atoms with Gasteiger partial charge in [-0.25, -0.2) is 9.59 Å². The van der Waals surface area contributed by atoms with Gasteiger partial charge in [-0.15, -0.1) is 0 Å². The predicted molar refractivity (Wildman–Crippen MR) is 126 cm³/mol. The van der Waals surface area contributed by atoms with Crippen LogP contribution in [0.1, 0.15) is 40.2 Å². The van der Waals surface area contributed by atoms with Gasteiger partial charge in [0.2, 0.25) is 0 Å². The molecule has 2 aliphatic carbocycles. The van der Waals surface area contributed by atoms with E-state index in [1.807, 2.05) is 36.4 Å². The van der Waals surface area contributed by atoms with Gasteiger partial charge in [0, 0.05) is 25.7 Å². The summed E-state index contributed by atoms with van der Waals surface area (Å²) >= 11 is 0. The van der Waals surface area contributed by atoms with Crippen molar-refractivity contribution in [2.75, 3.05) is 18.5 Å². The lowest BCUT2D eigenvalue weighted by molar-refractivity contribution is -0.151. The molecule has 3 heterocycles. The number of aromatic nitrogens is 2. The summed E-state index contributed by atoms with van der Waals surface area (Å²) in [4.78, 5) is 39.3. The summed E-state index contributed by atoms with van der Waals surface area (Å²) in [6.07, 6.45) is 1.69. The van der Waals surface area contributed by atoms with Crippen molar-refractivity contribution >= 4 is 23.8 Å². The molecule has 2 aliphatic heterocycles. The van der Waals surface area contributed by atoms with Gasteiger partial charge in [0.25, 0.3) is 5.91 Å². The maximum atomic E-state index is 13.3. The van der Waals surface area contributed by atoms with Crippen LogP contribution in [0.25, 0.3) is 11.1 Å². The third-order valence-electron chi connectivity index (χ3n) is 7.48. The Bertz CT molecular complexity index is 1330. The maximum absolute atomic E-state index is 13.3. The van der Waals surface area contributed by atoms with Gasteiger partial charge in [-0.2, -0.15) is 5.10 Å². The van der Waals surface area contributed by atoms with Crippen LogP contribution in [0.5, 0.6) is 0 Å². The highest BCUT2D eigenvalue weighted by Gasteiger charge is 2.63. The van der Waals surface area contributed by atoms with Crippen molar-refractivity contribution < 1.29 is 24.2 Å². The minimum absolute atomic E-state index is 0.0550. The Morgan fingerprint density at radius 3 is 2.34 bits per heavy atom. The van der Waals surface area contributed by atoms with Crippen LogP contribution in [0, 0.1) is 5.92 Å². The number of nitrogens with one attached hydrogen (secondary N) is 1. The van der Waals surface area contributed by atoms with Crippen LogP contribution in [0.15, 0.2) is 54.7 Å². The number of amides is 2. The number of hydrogen-bond donors (Lipinski definition) is 2. The Hall–Kier alpha value is -4.14. The van der Waals surface area contributed by atoms with E-state index >= 15 is 0 Å². The Balaban J connectivity index is 1.18. The van der Waals surface area contributed by atoms with E-state index in [1.54, 1.807) is 7.05 Å². The normalized spacial score (nSPS) is 21.7. The van der Waals surface area contributed by atoms with Crippen molar-refractivity contribution in [1.29, 1.82) is 0 Å². The lowest BCUT2D eigenvalue weighted by Gasteiger charge is -2.37. The number of carboxylic acid groups (broad SMARTS) is 1. The van der Waals surface area contributed by atoms with Crippen LogP contribution in [0.2, 0.25) is 0 Å². The highest BCUT2D eigenvalue weighted by Crippen LogP contribution is 2.51. The van der Waals surface area contributed by atoms with Crippen LogP contribution in [-0.4, -0.2) is 56.4 Å². The fourth-order valence-electron chi connectivity index (χ4n) is 5.86. The molecule has 178 valence electrons. The van der Waals surface area contributed by atoms with E-state index in [1.165, 1.54) is 15.8 Å². The molecule has 9 nitrogen and oxygen atoms in total. The molecule has 2 amide bonds. The molecule has 1 saturated carbocycles. The minimum Gasteiger partial charge on any atom is -0.479 e. The third-order valence-corrected chi connectivity index (χ3v) is 7.48. The molecule has 3 aromatic rings. The van der Waals surface area contributed by atoms with E-state index < -0.39 is 23.5 Å². The summed E-state index contributed by atoms with van der Waals surface area (Å²) in [5, 5.41) is 16.5. The van der Waals surface area contributed by atoms with Crippen molar-refractivity contribution in [3.63, 3.8) is 0 Å². The highest BCUT2D eigenvalue weighted by atomic mass is 16.5. The lowest BCUT2D eigenvalue weighted by atomic mass is 9.73. The molecule has 0 spiro atoms. The Labute approximate surface area is 201 Å². The van der Waals surface area contributed by atoms with Gasteiger partial charge >= 0.3 is 12.1 Å². The Morgan fingerprint density at radius 2 is 1.71 bits per heavy atom. The van der Waals surface area contributed by atoms with Crippen LogP contribution >= 0.6 is 0 Å². The zero-order valence-electron chi connectivity index (χ0n) is 19.1. The summed E-state index contributed by atoms with van der Waals surface area (Å²) in [7, 11) is 1.64. The van der Waals surface area contributed by atoms with Gasteiger partial charge in [-0.1, -0.05) is 48.5 Å². The number of rotatable bonds is 5. The first-order chi connectivity index (χ1) is 16.9. The molecule has 0 radical (unpaired) electrons. The first kappa shape index (κ1) is 21.4. The van der Waals surface area contributed by atoms with E-state index in [9.17, 15) is 19.5 Å². The van der Waals surface area contributed by atoms with Gasteiger partial charge < -0.3 is 14.7 Å². The Morgan fingerprint density at radius 1 is 1.09 bits per heavy atom. The molecule has 4 aliphatic rings. The first-order valence-electron chi connectivity index (χ1n) is 11.6. The van der Waals surface area contributed by atoms with Gasteiger partial charge in [-0.3, -0.25) is 14.8 Å². The second-order valence-corrected chi connectivity index (χ2v) is 9.54.